The molecule has 0 bridgehead atoms. The van der Waals surface area contributed by atoms with Crippen molar-refractivity contribution in [3.05, 3.63) is 28.2 Å². The molecule has 0 heterocycles. The van der Waals surface area contributed by atoms with Crippen LogP contribution >= 0.6 is 23.2 Å². The Hall–Kier alpha value is 0.618. The van der Waals surface area contributed by atoms with E-state index < -0.39 is 0 Å². The second-order valence-electron chi connectivity index (χ2n) is 1.64. The molecule has 0 unspecified atom stereocenters. The van der Waals surface area contributed by atoms with Gasteiger partial charge in [0.2, 0.25) is 0 Å². The van der Waals surface area contributed by atoms with Crippen molar-refractivity contribution in [2.24, 2.45) is 0 Å². The quantitative estimate of drug-likeness (QED) is 0.622. The maximum atomic E-state index is 5.78. The first-order chi connectivity index (χ1) is 4.22. The molecule has 0 amide bonds. The number of halogens is 2. The van der Waals surface area contributed by atoms with Crippen LogP contribution in [0.5, 0.6) is 0 Å². The molecule has 0 radical (unpaired) electrons. The first-order valence-corrected chi connectivity index (χ1v) is 4.81. The first-order valence-electron chi connectivity index (χ1n) is 2.41. The van der Waals surface area contributed by atoms with Gasteiger partial charge in [0.05, 0.1) is 0 Å². The van der Waals surface area contributed by atoms with Gasteiger partial charge >= 0.3 is 78.0 Å². The average molecular weight is 270 g/mol. The van der Waals surface area contributed by atoms with Gasteiger partial charge in [-0.15, -0.1) is 0 Å². The molecule has 9 heavy (non-hydrogen) atoms. The third kappa shape index (κ3) is 1.77. The molecule has 0 saturated carbocycles. The van der Waals surface area contributed by atoms with E-state index in [-0.39, 0.29) is 0 Å². The van der Waals surface area contributed by atoms with Crippen molar-refractivity contribution in [2.75, 3.05) is 0 Å². The molecule has 1 aromatic rings. The van der Waals surface area contributed by atoms with Gasteiger partial charge in [0.25, 0.3) is 0 Å². The van der Waals surface area contributed by atoms with Crippen LogP contribution in [0.4, 0.5) is 0 Å². The molecule has 0 aromatic heterocycles. The zero-order valence-corrected chi connectivity index (χ0v) is 9.37. The van der Waals surface area contributed by atoms with Crippen molar-refractivity contribution in [3.8, 4) is 0 Å². The number of hydrogen-bond acceptors (Lipinski definition) is 0. The summed E-state index contributed by atoms with van der Waals surface area (Å²) in [6.45, 7) is 0. The van der Waals surface area contributed by atoms with Gasteiger partial charge in [0.15, 0.2) is 0 Å². The average Bonchev–Trinajstić information content (AvgIpc) is 1.83. The monoisotopic (exact) mass is 268 g/mol. The van der Waals surface area contributed by atoms with Crippen LogP contribution in [-0.4, -0.2) is 23.0 Å². The minimum absolute atomic E-state index is 0.654. The van der Waals surface area contributed by atoms with E-state index in [0.717, 1.165) is 26.5 Å². The Morgan fingerprint density at radius 3 is 2.33 bits per heavy atom. The van der Waals surface area contributed by atoms with E-state index in [9.17, 15) is 0 Å². The first kappa shape index (κ1) is 7.72. The second-order valence-corrected chi connectivity index (χ2v) is 4.20. The summed E-state index contributed by atoms with van der Waals surface area (Å²) in [6.07, 6.45) is 0. The van der Waals surface area contributed by atoms with E-state index in [2.05, 4.69) is 0 Å². The Labute approximate surface area is 77.6 Å². The molecule has 0 nitrogen and oxygen atoms in total. The van der Waals surface area contributed by atoms with Gasteiger partial charge in [-0.2, -0.15) is 0 Å². The van der Waals surface area contributed by atoms with Crippen molar-refractivity contribution < 1.29 is 0 Å². The van der Waals surface area contributed by atoms with E-state index in [0.29, 0.717) is 10.0 Å². The molecule has 0 saturated heterocycles. The van der Waals surface area contributed by atoms with Gasteiger partial charge in [-0.25, -0.2) is 0 Å². The van der Waals surface area contributed by atoms with Crippen LogP contribution in [0.2, 0.25) is 10.0 Å². The van der Waals surface area contributed by atoms with Crippen LogP contribution in [-0.2, 0) is 0 Å². The molecule has 1 aromatic carbocycles. The van der Waals surface area contributed by atoms with Crippen LogP contribution in [0.1, 0.15) is 0 Å². The summed E-state index contributed by atoms with van der Waals surface area (Å²) in [6, 6.07) is 5.69. The van der Waals surface area contributed by atoms with E-state index >= 15 is 0 Å². The van der Waals surface area contributed by atoms with E-state index in [1.165, 1.54) is 0 Å². The number of benzene rings is 1. The van der Waals surface area contributed by atoms with Gasteiger partial charge in [0.1, 0.15) is 0 Å². The molecule has 0 atom stereocenters. The van der Waals surface area contributed by atoms with Crippen molar-refractivity contribution in [1.82, 2.24) is 0 Å². The molecule has 0 fully saturated rings. The van der Waals surface area contributed by atoms with Gasteiger partial charge in [0, 0.05) is 0 Å². The summed E-state index contributed by atoms with van der Waals surface area (Å²) in [7, 11) is 0. The summed E-state index contributed by atoms with van der Waals surface area (Å²) in [4.78, 5) is 0. The van der Waals surface area contributed by atoms with Gasteiger partial charge in [-0.05, 0) is 0 Å². The Morgan fingerprint density at radius 2 is 1.89 bits per heavy atom. The molecular weight excluding hydrogens is 265 g/mol. The zero-order valence-electron chi connectivity index (χ0n) is 4.57. The van der Waals surface area contributed by atoms with Crippen molar-refractivity contribution in [1.29, 1.82) is 0 Å². The van der Waals surface area contributed by atoms with Gasteiger partial charge in [-0.3, -0.25) is 0 Å². The van der Waals surface area contributed by atoms with Crippen LogP contribution in [0.25, 0.3) is 0 Å². The summed E-state index contributed by atoms with van der Waals surface area (Å²) in [5.74, 6) is 0. The predicted molar refractivity (Wildman–Crippen MR) is 44.6 cm³/mol. The Bertz CT molecular complexity index is 202. The third-order valence-corrected chi connectivity index (χ3v) is 3.71. The van der Waals surface area contributed by atoms with Gasteiger partial charge in [-0.1, -0.05) is 0 Å². The Kier molecular flexibility index (Phi) is 2.70. The molecule has 0 aliphatic carbocycles. The van der Waals surface area contributed by atoms with Crippen molar-refractivity contribution in [2.45, 2.75) is 0 Å². The molecule has 3 heteroatoms. The van der Waals surface area contributed by atoms with Crippen LogP contribution in [0.3, 0.4) is 0 Å². The maximum absolute atomic E-state index is 5.78. The molecule has 48 valence electrons. The molecule has 0 aliphatic rings. The molecule has 1 rings (SSSR count). The molecule has 0 N–H and O–H groups in total. The second kappa shape index (κ2) is 3.14. The van der Waals surface area contributed by atoms with Gasteiger partial charge < -0.3 is 0 Å². The van der Waals surface area contributed by atoms with E-state index in [4.69, 9.17) is 23.2 Å². The zero-order chi connectivity index (χ0) is 6.85. The number of hydrogen-bond donors (Lipinski definition) is 0. The fourth-order valence-corrected chi connectivity index (χ4v) is 1.85. The normalized spacial score (nSPS) is 9.67. The van der Waals surface area contributed by atoms with Crippen LogP contribution in [0.15, 0.2) is 18.2 Å². The standard InChI is InChI=1S/C6H3Cl2.Sb.2H/c7-5-3-1-2-4-6(5)8;;;/h1-3H;;;. The number of rotatable bonds is 0. The SMILES string of the molecule is Clc1ccc[c]([SbH2])c1Cl. The predicted octanol–water partition coefficient (Wildman–Crippen LogP) is 1.25. The molecular formula is C6H5Cl2Sb. The summed E-state index contributed by atoms with van der Waals surface area (Å²) in [5, 5.41) is 1.36. The summed E-state index contributed by atoms with van der Waals surface area (Å²) < 4.78 is 1.15. The van der Waals surface area contributed by atoms with Crippen molar-refractivity contribution >= 4 is 49.7 Å². The Morgan fingerprint density at radius 1 is 1.22 bits per heavy atom. The summed E-state index contributed by atoms with van der Waals surface area (Å²) >= 11 is 12.5. The topological polar surface area (TPSA) is 0 Å². The summed E-state index contributed by atoms with van der Waals surface area (Å²) in [5.41, 5.74) is 0. The third-order valence-electron chi connectivity index (χ3n) is 0.981. The van der Waals surface area contributed by atoms with Crippen LogP contribution in [0, 0.1) is 0 Å². The molecule has 0 aliphatic heterocycles. The van der Waals surface area contributed by atoms with E-state index in [1.807, 2.05) is 12.1 Å². The molecule has 0 spiro atoms. The fourth-order valence-electron chi connectivity index (χ4n) is 0.520. The van der Waals surface area contributed by atoms with Crippen molar-refractivity contribution in [3.63, 3.8) is 0 Å². The Balaban J connectivity index is 3.25. The van der Waals surface area contributed by atoms with Crippen LogP contribution < -0.4 is 3.51 Å². The minimum atomic E-state index is 0.654. The fraction of sp³-hybridized carbons (Fsp3) is 0. The van der Waals surface area contributed by atoms with E-state index in [1.54, 1.807) is 6.07 Å².